The molecule has 0 spiro atoms. The van der Waals surface area contributed by atoms with Gasteiger partial charge in [0.15, 0.2) is 0 Å². The molecule has 6 nitrogen and oxygen atoms in total. The van der Waals surface area contributed by atoms with Gasteiger partial charge in [-0.25, -0.2) is 4.68 Å². The van der Waals surface area contributed by atoms with Gasteiger partial charge in [-0.05, 0) is 20.8 Å². The minimum atomic E-state index is -0.990. The maximum atomic E-state index is 9.84. The first-order valence-corrected chi connectivity index (χ1v) is 6.03. The molecule has 1 N–H and O–H groups in total. The molecule has 0 saturated heterocycles. The van der Waals surface area contributed by atoms with E-state index in [1.807, 2.05) is 19.1 Å². The first-order valence-electron chi connectivity index (χ1n) is 6.03. The van der Waals surface area contributed by atoms with Crippen LogP contribution in [0.4, 0.5) is 0 Å². The highest BCUT2D eigenvalue weighted by Gasteiger charge is 2.20. The number of nitrogens with zero attached hydrogens (tertiary/aromatic N) is 4. The molecule has 2 aromatic rings. The first kappa shape index (κ1) is 13.5. The van der Waals surface area contributed by atoms with Crippen LogP contribution in [-0.2, 0) is 12.1 Å². The Morgan fingerprint density at radius 3 is 2.68 bits per heavy atom. The molecule has 102 valence electrons. The molecule has 6 heteroatoms. The van der Waals surface area contributed by atoms with E-state index in [-0.39, 0.29) is 0 Å². The molecule has 0 bridgehead atoms. The van der Waals surface area contributed by atoms with Gasteiger partial charge in [0.1, 0.15) is 17.0 Å². The molecule has 19 heavy (non-hydrogen) atoms. The van der Waals surface area contributed by atoms with E-state index in [1.54, 1.807) is 31.8 Å². The van der Waals surface area contributed by atoms with Crippen LogP contribution in [0.2, 0.25) is 0 Å². The number of hydrogen-bond donors (Lipinski definition) is 1. The number of pyridine rings is 1. The molecular weight excluding hydrogens is 244 g/mol. The maximum absolute atomic E-state index is 9.84. The zero-order chi connectivity index (χ0) is 14.0. The van der Waals surface area contributed by atoms with Crippen LogP contribution in [-0.4, -0.2) is 32.2 Å². The van der Waals surface area contributed by atoms with Crippen molar-refractivity contribution in [2.75, 3.05) is 7.11 Å². The molecule has 0 saturated carbocycles. The second-order valence-electron chi connectivity index (χ2n) is 5.00. The van der Waals surface area contributed by atoms with Gasteiger partial charge < -0.3 is 9.84 Å². The summed E-state index contributed by atoms with van der Waals surface area (Å²) in [4.78, 5) is 4.42. The van der Waals surface area contributed by atoms with Crippen LogP contribution in [0.3, 0.4) is 0 Å². The number of aryl methyl sites for hydroxylation is 1. The van der Waals surface area contributed by atoms with E-state index in [4.69, 9.17) is 4.74 Å². The third-order valence-electron chi connectivity index (χ3n) is 2.71. The Morgan fingerprint density at radius 2 is 2.11 bits per heavy atom. The molecular formula is C13H18N4O2. The van der Waals surface area contributed by atoms with E-state index >= 15 is 0 Å². The van der Waals surface area contributed by atoms with Gasteiger partial charge >= 0.3 is 0 Å². The van der Waals surface area contributed by atoms with Gasteiger partial charge in [0.25, 0.3) is 0 Å². The average molecular weight is 262 g/mol. The highest BCUT2D eigenvalue weighted by Crippen LogP contribution is 2.17. The minimum Gasteiger partial charge on any atom is -0.497 e. The molecule has 0 aromatic carbocycles. The molecule has 0 aliphatic rings. The monoisotopic (exact) mass is 262 g/mol. The molecule has 0 radical (unpaired) electrons. The van der Waals surface area contributed by atoms with Crippen LogP contribution in [0, 0.1) is 6.92 Å². The maximum Gasteiger partial charge on any atom is 0.122 e. The molecule has 0 atom stereocenters. The van der Waals surface area contributed by atoms with Crippen molar-refractivity contribution in [2.24, 2.45) is 0 Å². The summed E-state index contributed by atoms with van der Waals surface area (Å²) in [5.41, 5.74) is 1.27. The number of aliphatic hydroxyl groups is 1. The summed E-state index contributed by atoms with van der Waals surface area (Å²) in [6.07, 6.45) is 1.72. The summed E-state index contributed by atoms with van der Waals surface area (Å²) < 4.78 is 6.85. The number of methoxy groups -OCH3 is 1. The summed E-state index contributed by atoms with van der Waals surface area (Å²) in [6, 6.07) is 3.73. The average Bonchev–Trinajstić information content (AvgIpc) is 2.76. The lowest BCUT2D eigenvalue weighted by atomic mass is 10.1. The first-order chi connectivity index (χ1) is 8.88. The largest absolute Gasteiger partial charge is 0.497 e. The summed E-state index contributed by atoms with van der Waals surface area (Å²) in [5, 5.41) is 17.8. The second-order valence-corrected chi connectivity index (χ2v) is 5.00. The van der Waals surface area contributed by atoms with Crippen molar-refractivity contribution in [1.29, 1.82) is 0 Å². The SMILES string of the molecule is COc1cc(C)nc(Cn2cc(C(C)(C)O)nn2)c1. The number of rotatable bonds is 4. The van der Waals surface area contributed by atoms with Crippen molar-refractivity contribution in [3.63, 3.8) is 0 Å². The highest BCUT2D eigenvalue weighted by molar-refractivity contribution is 5.26. The van der Waals surface area contributed by atoms with Gasteiger partial charge in [0, 0.05) is 17.8 Å². The van der Waals surface area contributed by atoms with E-state index in [0.717, 1.165) is 17.1 Å². The predicted molar refractivity (Wildman–Crippen MR) is 69.9 cm³/mol. The van der Waals surface area contributed by atoms with Crippen molar-refractivity contribution >= 4 is 0 Å². The Kier molecular flexibility index (Phi) is 3.53. The topological polar surface area (TPSA) is 73.1 Å². The van der Waals surface area contributed by atoms with Crippen LogP contribution < -0.4 is 4.74 Å². The molecule has 0 fully saturated rings. The Morgan fingerprint density at radius 1 is 1.37 bits per heavy atom. The fourth-order valence-electron chi connectivity index (χ4n) is 1.72. The van der Waals surface area contributed by atoms with E-state index < -0.39 is 5.60 Å². The van der Waals surface area contributed by atoms with Crippen LogP contribution in [0.5, 0.6) is 5.75 Å². The van der Waals surface area contributed by atoms with E-state index in [0.29, 0.717) is 12.2 Å². The molecule has 0 aliphatic carbocycles. The minimum absolute atomic E-state index is 0.487. The number of ether oxygens (including phenoxy) is 1. The summed E-state index contributed by atoms with van der Waals surface area (Å²) in [5.74, 6) is 0.769. The summed E-state index contributed by atoms with van der Waals surface area (Å²) >= 11 is 0. The van der Waals surface area contributed by atoms with E-state index in [1.165, 1.54) is 0 Å². The molecule has 2 rings (SSSR count). The van der Waals surface area contributed by atoms with Crippen LogP contribution >= 0.6 is 0 Å². The number of aromatic nitrogens is 4. The second kappa shape index (κ2) is 4.97. The van der Waals surface area contributed by atoms with Crippen LogP contribution in [0.15, 0.2) is 18.3 Å². The van der Waals surface area contributed by atoms with Gasteiger partial charge in [-0.3, -0.25) is 4.98 Å². The van der Waals surface area contributed by atoms with Crippen molar-refractivity contribution < 1.29 is 9.84 Å². The van der Waals surface area contributed by atoms with Gasteiger partial charge in [-0.2, -0.15) is 0 Å². The standard InChI is InChI=1S/C13H18N4O2/c1-9-5-11(19-4)6-10(14-9)7-17-8-12(15-16-17)13(2,3)18/h5-6,8,18H,7H2,1-4H3. The molecule has 0 amide bonds. The third-order valence-corrected chi connectivity index (χ3v) is 2.71. The zero-order valence-corrected chi connectivity index (χ0v) is 11.6. The Hall–Kier alpha value is -1.95. The lowest BCUT2D eigenvalue weighted by Crippen LogP contribution is -2.15. The van der Waals surface area contributed by atoms with Crippen molar-refractivity contribution in [3.8, 4) is 5.75 Å². The fourth-order valence-corrected chi connectivity index (χ4v) is 1.72. The van der Waals surface area contributed by atoms with E-state index in [2.05, 4.69) is 15.3 Å². The van der Waals surface area contributed by atoms with Gasteiger partial charge in [-0.1, -0.05) is 5.21 Å². The fraction of sp³-hybridized carbons (Fsp3) is 0.462. The highest BCUT2D eigenvalue weighted by atomic mass is 16.5. The summed E-state index contributed by atoms with van der Waals surface area (Å²) in [7, 11) is 1.63. The lowest BCUT2D eigenvalue weighted by molar-refractivity contribution is 0.0737. The van der Waals surface area contributed by atoms with Crippen molar-refractivity contribution in [3.05, 3.63) is 35.4 Å². The third kappa shape index (κ3) is 3.29. The Bertz CT molecular complexity index is 572. The predicted octanol–water partition coefficient (Wildman–Crippen LogP) is 1.27. The van der Waals surface area contributed by atoms with E-state index in [9.17, 15) is 5.11 Å². The van der Waals surface area contributed by atoms with Crippen molar-refractivity contribution in [1.82, 2.24) is 20.0 Å². The van der Waals surface area contributed by atoms with Crippen LogP contribution in [0.25, 0.3) is 0 Å². The van der Waals surface area contributed by atoms with Crippen molar-refractivity contribution in [2.45, 2.75) is 32.9 Å². The molecule has 0 aliphatic heterocycles. The molecule has 2 heterocycles. The van der Waals surface area contributed by atoms with Crippen LogP contribution in [0.1, 0.15) is 30.9 Å². The Labute approximate surface area is 112 Å². The number of hydrogen-bond acceptors (Lipinski definition) is 5. The molecule has 0 unspecified atom stereocenters. The van der Waals surface area contributed by atoms with Gasteiger partial charge in [0.2, 0.25) is 0 Å². The lowest BCUT2D eigenvalue weighted by Gasteiger charge is -2.11. The normalized spacial score (nSPS) is 11.6. The van der Waals surface area contributed by atoms with Gasteiger partial charge in [0.05, 0.1) is 25.5 Å². The zero-order valence-electron chi connectivity index (χ0n) is 11.6. The van der Waals surface area contributed by atoms with Gasteiger partial charge in [-0.15, -0.1) is 5.10 Å². The quantitative estimate of drug-likeness (QED) is 0.898. The smallest absolute Gasteiger partial charge is 0.122 e. The Balaban J connectivity index is 2.21. The summed E-state index contributed by atoms with van der Waals surface area (Å²) in [6.45, 7) is 5.75. The molecule has 2 aromatic heterocycles.